The lowest BCUT2D eigenvalue weighted by Gasteiger charge is -2.13. The Labute approximate surface area is 100 Å². The molecule has 1 heterocycles. The molecule has 0 bridgehead atoms. The fourth-order valence-corrected chi connectivity index (χ4v) is 2.38. The first-order chi connectivity index (χ1) is 7.50. The first-order valence-electron chi connectivity index (χ1n) is 5.34. The largest absolute Gasteiger partial charge is 0.481 e. The Morgan fingerprint density at radius 3 is 2.81 bits per heavy atom. The Hall–Kier alpha value is -0.970. The van der Waals surface area contributed by atoms with Gasteiger partial charge in [0, 0.05) is 28.9 Å². The summed E-state index contributed by atoms with van der Waals surface area (Å²) in [4.78, 5) is 14.6. The van der Waals surface area contributed by atoms with Crippen molar-refractivity contribution in [1.82, 2.24) is 9.55 Å². The Kier molecular flexibility index (Phi) is 4.86. The molecule has 5 heteroatoms. The Morgan fingerprint density at radius 1 is 1.56 bits per heavy atom. The minimum atomic E-state index is -0.739. The molecule has 0 aliphatic heterocycles. The smallest absolute Gasteiger partial charge is 0.304 e. The van der Waals surface area contributed by atoms with E-state index in [1.54, 1.807) is 11.8 Å². The summed E-state index contributed by atoms with van der Waals surface area (Å²) in [5.74, 6) is 0.0736. The molecule has 0 amide bonds. The maximum absolute atomic E-state index is 10.5. The molecule has 0 aromatic carbocycles. The average Bonchev–Trinajstić information content (AvgIpc) is 2.61. The van der Waals surface area contributed by atoms with E-state index in [1.165, 1.54) is 0 Å². The number of carboxylic acids is 1. The summed E-state index contributed by atoms with van der Waals surface area (Å²) in [6.07, 6.45) is 3.88. The van der Waals surface area contributed by atoms with Gasteiger partial charge in [0.2, 0.25) is 0 Å². The lowest BCUT2D eigenvalue weighted by Crippen LogP contribution is -2.08. The molecule has 1 rings (SSSR count). The molecule has 16 heavy (non-hydrogen) atoms. The van der Waals surface area contributed by atoms with E-state index in [9.17, 15) is 4.79 Å². The zero-order valence-corrected chi connectivity index (χ0v) is 10.7. The normalized spacial score (nSPS) is 13.0. The third-order valence-electron chi connectivity index (χ3n) is 2.28. The Bertz CT molecular complexity index is 350. The predicted octanol–water partition coefficient (Wildman–Crippen LogP) is 2.56. The average molecular weight is 242 g/mol. The van der Waals surface area contributed by atoms with E-state index in [2.05, 4.69) is 23.4 Å². The van der Waals surface area contributed by atoms with Crippen molar-refractivity contribution < 1.29 is 9.90 Å². The van der Waals surface area contributed by atoms with Gasteiger partial charge in [-0.2, -0.15) is 11.8 Å². The standard InChI is InChI=1S/C11H18N2O2S/c1-8(2)13-7-12-5-10(13)6-16-9(3)4-11(14)15/h5,7-9H,4,6H2,1-3H3,(H,14,15). The molecule has 0 spiro atoms. The van der Waals surface area contributed by atoms with E-state index >= 15 is 0 Å². The molecule has 1 unspecified atom stereocenters. The molecule has 0 fully saturated rings. The number of aromatic nitrogens is 2. The van der Waals surface area contributed by atoms with E-state index < -0.39 is 5.97 Å². The highest BCUT2D eigenvalue weighted by Gasteiger charge is 2.10. The number of rotatable bonds is 6. The number of aliphatic carboxylic acids is 1. The van der Waals surface area contributed by atoms with Crippen LogP contribution >= 0.6 is 11.8 Å². The first kappa shape index (κ1) is 13.1. The molecule has 0 aliphatic carbocycles. The van der Waals surface area contributed by atoms with Gasteiger partial charge in [-0.3, -0.25) is 4.79 Å². The predicted molar refractivity (Wildman–Crippen MR) is 65.6 cm³/mol. The van der Waals surface area contributed by atoms with Crippen LogP contribution in [0.25, 0.3) is 0 Å². The summed E-state index contributed by atoms with van der Waals surface area (Å²) >= 11 is 1.65. The van der Waals surface area contributed by atoms with Crippen molar-refractivity contribution in [3.63, 3.8) is 0 Å². The number of thioether (sulfide) groups is 1. The van der Waals surface area contributed by atoms with Crippen LogP contribution in [-0.4, -0.2) is 25.9 Å². The van der Waals surface area contributed by atoms with Crippen molar-refractivity contribution in [3.8, 4) is 0 Å². The van der Waals surface area contributed by atoms with Crippen molar-refractivity contribution in [2.75, 3.05) is 0 Å². The molecular weight excluding hydrogens is 224 g/mol. The van der Waals surface area contributed by atoms with Gasteiger partial charge in [0.05, 0.1) is 12.7 Å². The molecule has 0 radical (unpaired) electrons. The summed E-state index contributed by atoms with van der Waals surface area (Å²) in [5, 5.41) is 8.79. The minimum Gasteiger partial charge on any atom is -0.481 e. The van der Waals surface area contributed by atoms with Crippen LogP contribution in [0.5, 0.6) is 0 Å². The van der Waals surface area contributed by atoms with Crippen LogP contribution in [0, 0.1) is 0 Å². The van der Waals surface area contributed by atoms with Crippen LogP contribution in [0.15, 0.2) is 12.5 Å². The molecule has 0 aliphatic rings. The first-order valence-corrected chi connectivity index (χ1v) is 6.39. The highest BCUT2D eigenvalue weighted by atomic mass is 32.2. The number of hydrogen-bond acceptors (Lipinski definition) is 3. The number of imidazole rings is 1. The van der Waals surface area contributed by atoms with E-state index in [1.807, 2.05) is 19.4 Å². The summed E-state index contributed by atoms with van der Waals surface area (Å²) in [6.45, 7) is 6.15. The van der Waals surface area contributed by atoms with Gasteiger partial charge in [-0.25, -0.2) is 4.98 Å². The quantitative estimate of drug-likeness (QED) is 0.833. The third-order valence-corrected chi connectivity index (χ3v) is 3.48. The second kappa shape index (κ2) is 5.94. The van der Waals surface area contributed by atoms with Gasteiger partial charge in [0.15, 0.2) is 0 Å². The number of carboxylic acid groups (broad SMARTS) is 1. The topological polar surface area (TPSA) is 55.1 Å². The number of nitrogens with zero attached hydrogens (tertiary/aromatic N) is 2. The zero-order valence-electron chi connectivity index (χ0n) is 9.88. The molecule has 4 nitrogen and oxygen atoms in total. The van der Waals surface area contributed by atoms with E-state index in [-0.39, 0.29) is 11.7 Å². The van der Waals surface area contributed by atoms with Crippen molar-refractivity contribution in [2.24, 2.45) is 0 Å². The van der Waals surface area contributed by atoms with Crippen molar-refractivity contribution in [3.05, 3.63) is 18.2 Å². The molecule has 1 aromatic rings. The van der Waals surface area contributed by atoms with Crippen LogP contribution in [0.2, 0.25) is 0 Å². The van der Waals surface area contributed by atoms with Crippen LogP contribution < -0.4 is 0 Å². The van der Waals surface area contributed by atoms with Gasteiger partial charge in [0.25, 0.3) is 0 Å². The Balaban J connectivity index is 2.48. The molecule has 0 saturated heterocycles. The fourth-order valence-electron chi connectivity index (χ4n) is 1.44. The maximum Gasteiger partial charge on any atom is 0.304 e. The van der Waals surface area contributed by atoms with E-state index in [0.717, 1.165) is 11.4 Å². The lowest BCUT2D eigenvalue weighted by molar-refractivity contribution is -0.136. The van der Waals surface area contributed by atoms with Crippen LogP contribution in [0.3, 0.4) is 0 Å². The summed E-state index contributed by atoms with van der Waals surface area (Å²) < 4.78 is 2.11. The number of carbonyl (C=O) groups is 1. The van der Waals surface area contributed by atoms with Crippen LogP contribution in [0.1, 0.15) is 38.9 Å². The van der Waals surface area contributed by atoms with E-state index in [0.29, 0.717) is 6.04 Å². The van der Waals surface area contributed by atoms with Gasteiger partial charge in [-0.05, 0) is 13.8 Å². The minimum absolute atomic E-state index is 0.132. The monoisotopic (exact) mass is 242 g/mol. The SMILES string of the molecule is CC(CC(=O)O)SCc1cncn1C(C)C. The van der Waals surface area contributed by atoms with Gasteiger partial charge >= 0.3 is 5.97 Å². The van der Waals surface area contributed by atoms with Crippen LogP contribution in [-0.2, 0) is 10.5 Å². The zero-order chi connectivity index (χ0) is 12.1. The summed E-state index contributed by atoms with van der Waals surface area (Å²) in [5.41, 5.74) is 1.15. The molecule has 1 atom stereocenters. The summed E-state index contributed by atoms with van der Waals surface area (Å²) in [7, 11) is 0. The van der Waals surface area contributed by atoms with Crippen molar-refractivity contribution in [2.45, 2.75) is 44.2 Å². The molecule has 0 saturated carbocycles. The Morgan fingerprint density at radius 2 is 2.25 bits per heavy atom. The highest BCUT2D eigenvalue weighted by Crippen LogP contribution is 2.21. The van der Waals surface area contributed by atoms with Crippen molar-refractivity contribution >= 4 is 17.7 Å². The third kappa shape index (κ3) is 3.89. The summed E-state index contributed by atoms with van der Waals surface area (Å²) in [6, 6.07) is 0.396. The molecule has 1 aromatic heterocycles. The van der Waals surface area contributed by atoms with Gasteiger partial charge in [-0.15, -0.1) is 0 Å². The van der Waals surface area contributed by atoms with Gasteiger partial charge in [-0.1, -0.05) is 6.92 Å². The fraction of sp³-hybridized carbons (Fsp3) is 0.636. The second-order valence-electron chi connectivity index (χ2n) is 4.11. The van der Waals surface area contributed by atoms with Crippen molar-refractivity contribution in [1.29, 1.82) is 0 Å². The second-order valence-corrected chi connectivity index (χ2v) is 5.53. The maximum atomic E-state index is 10.5. The number of hydrogen-bond donors (Lipinski definition) is 1. The highest BCUT2D eigenvalue weighted by molar-refractivity contribution is 7.99. The molecule has 90 valence electrons. The van der Waals surface area contributed by atoms with Gasteiger partial charge < -0.3 is 9.67 Å². The van der Waals surface area contributed by atoms with E-state index in [4.69, 9.17) is 5.11 Å². The van der Waals surface area contributed by atoms with Gasteiger partial charge in [0.1, 0.15) is 0 Å². The molecule has 1 N–H and O–H groups in total. The molecular formula is C11H18N2O2S. The lowest BCUT2D eigenvalue weighted by atomic mass is 10.3. The van der Waals surface area contributed by atoms with Crippen LogP contribution in [0.4, 0.5) is 0 Å².